The van der Waals surface area contributed by atoms with Crippen LogP contribution in [0.3, 0.4) is 0 Å². The van der Waals surface area contributed by atoms with Crippen LogP contribution in [-0.4, -0.2) is 49.1 Å². The number of benzene rings is 1. The number of H-pyrrole nitrogens is 1. The summed E-state index contributed by atoms with van der Waals surface area (Å²) in [5, 5.41) is 3.90. The summed E-state index contributed by atoms with van der Waals surface area (Å²) in [6.45, 7) is 3.42. The number of aromatic nitrogens is 1. The molecule has 0 radical (unpaired) electrons. The van der Waals surface area contributed by atoms with Crippen LogP contribution in [0.1, 0.15) is 29.6 Å². The number of nitrogens with zero attached hydrogens (tertiary/aromatic N) is 1. The summed E-state index contributed by atoms with van der Waals surface area (Å²) in [5.74, 6) is 0.438. The molecule has 0 saturated carbocycles. The van der Waals surface area contributed by atoms with Crippen molar-refractivity contribution in [1.82, 2.24) is 15.2 Å². The zero-order valence-electron chi connectivity index (χ0n) is 14.4. The van der Waals surface area contributed by atoms with Crippen LogP contribution < -0.4 is 15.5 Å². The van der Waals surface area contributed by atoms with E-state index in [1.54, 1.807) is 31.5 Å². The number of hydrogen-bond acceptors (Lipinski definition) is 4. The molecule has 1 atom stereocenters. The van der Waals surface area contributed by atoms with Crippen LogP contribution in [0.4, 0.5) is 0 Å². The number of carbonyl (C=O) groups excluding carboxylic acids is 1. The molecule has 2 saturated heterocycles. The predicted octanol–water partition coefficient (Wildman–Crippen LogP) is 1.75. The largest absolute Gasteiger partial charge is 0.497 e. The number of amides is 1. The maximum absolute atomic E-state index is 13.0. The van der Waals surface area contributed by atoms with E-state index in [4.69, 9.17) is 4.74 Å². The number of rotatable bonds is 2. The summed E-state index contributed by atoms with van der Waals surface area (Å²) in [5.41, 5.74) is 0.865. The third-order valence-electron chi connectivity index (χ3n) is 5.60. The third-order valence-corrected chi connectivity index (χ3v) is 5.60. The van der Waals surface area contributed by atoms with Crippen LogP contribution in [0.15, 0.2) is 29.2 Å². The zero-order chi connectivity index (χ0) is 17.4. The number of ether oxygens (including phenoxy) is 1. The van der Waals surface area contributed by atoms with Crippen molar-refractivity contribution in [3.63, 3.8) is 0 Å². The Morgan fingerprint density at radius 1 is 1.32 bits per heavy atom. The number of pyridine rings is 1. The van der Waals surface area contributed by atoms with Gasteiger partial charge in [0.1, 0.15) is 11.3 Å². The maximum Gasteiger partial charge on any atom is 0.259 e. The van der Waals surface area contributed by atoms with Gasteiger partial charge in [0, 0.05) is 42.1 Å². The molecule has 0 bridgehead atoms. The highest BCUT2D eigenvalue weighted by Crippen LogP contribution is 2.35. The SMILES string of the molecule is COc1ccc2[nH]cc(C(=O)N3CCC[C@]4(CCNC4)C3)c(=O)c2c1. The molecule has 132 valence electrons. The second-order valence-electron chi connectivity index (χ2n) is 7.20. The first-order chi connectivity index (χ1) is 12.1. The summed E-state index contributed by atoms with van der Waals surface area (Å²) < 4.78 is 5.20. The van der Waals surface area contributed by atoms with E-state index in [0.717, 1.165) is 45.4 Å². The molecule has 1 aromatic heterocycles. The van der Waals surface area contributed by atoms with Gasteiger partial charge < -0.3 is 19.9 Å². The molecule has 3 heterocycles. The standard InChI is InChI=1S/C19H23N3O3/c1-25-13-3-4-16-14(9-13)17(23)15(10-21-16)18(24)22-8-2-5-19(12-22)6-7-20-11-19/h3-4,9-10,20H,2,5-8,11-12H2,1H3,(H,21,23)/t19-/m1/s1. The molecular weight excluding hydrogens is 318 g/mol. The van der Waals surface area contributed by atoms with Crippen molar-refractivity contribution in [3.8, 4) is 5.75 Å². The lowest BCUT2D eigenvalue weighted by Gasteiger charge is -2.40. The molecule has 1 amide bonds. The summed E-state index contributed by atoms with van der Waals surface area (Å²) >= 11 is 0. The molecular formula is C19H23N3O3. The van der Waals surface area contributed by atoms with Crippen LogP contribution in [0.25, 0.3) is 10.9 Å². The monoisotopic (exact) mass is 341 g/mol. The van der Waals surface area contributed by atoms with Gasteiger partial charge >= 0.3 is 0 Å². The van der Waals surface area contributed by atoms with Crippen molar-refractivity contribution >= 4 is 16.8 Å². The molecule has 2 aliphatic rings. The fourth-order valence-corrected chi connectivity index (χ4v) is 4.18. The highest BCUT2D eigenvalue weighted by molar-refractivity contribution is 5.97. The van der Waals surface area contributed by atoms with Crippen LogP contribution in [0, 0.1) is 5.41 Å². The Kier molecular flexibility index (Phi) is 4.00. The quantitative estimate of drug-likeness (QED) is 0.873. The first kappa shape index (κ1) is 16.1. The maximum atomic E-state index is 13.0. The van der Waals surface area contributed by atoms with Crippen LogP contribution in [0.2, 0.25) is 0 Å². The van der Waals surface area contributed by atoms with E-state index in [9.17, 15) is 9.59 Å². The number of fused-ring (bicyclic) bond motifs is 1. The molecule has 0 aliphatic carbocycles. The first-order valence-electron chi connectivity index (χ1n) is 8.81. The van der Waals surface area contributed by atoms with Crippen molar-refractivity contribution in [2.45, 2.75) is 19.3 Å². The molecule has 2 aromatic rings. The first-order valence-corrected chi connectivity index (χ1v) is 8.81. The number of carbonyl (C=O) groups is 1. The summed E-state index contributed by atoms with van der Waals surface area (Å²) in [6.07, 6.45) is 4.79. The van der Waals surface area contributed by atoms with Gasteiger partial charge in [0.25, 0.3) is 5.91 Å². The predicted molar refractivity (Wildman–Crippen MR) is 96.2 cm³/mol. The highest BCUT2D eigenvalue weighted by Gasteiger charge is 2.39. The Morgan fingerprint density at radius 2 is 2.20 bits per heavy atom. The van der Waals surface area contributed by atoms with Gasteiger partial charge in [0.2, 0.25) is 5.43 Å². The number of nitrogens with one attached hydrogen (secondary N) is 2. The normalized spacial score (nSPS) is 23.3. The Labute approximate surface area is 146 Å². The summed E-state index contributed by atoms with van der Waals surface area (Å²) in [7, 11) is 1.56. The number of methoxy groups -OCH3 is 1. The van der Waals surface area contributed by atoms with E-state index in [2.05, 4.69) is 10.3 Å². The van der Waals surface area contributed by atoms with Gasteiger partial charge in [-0.2, -0.15) is 0 Å². The molecule has 0 unspecified atom stereocenters. The van der Waals surface area contributed by atoms with Crippen LogP contribution in [0.5, 0.6) is 5.75 Å². The van der Waals surface area contributed by atoms with E-state index in [1.165, 1.54) is 0 Å². The van der Waals surface area contributed by atoms with Gasteiger partial charge in [-0.25, -0.2) is 0 Å². The average molecular weight is 341 g/mol. The highest BCUT2D eigenvalue weighted by atomic mass is 16.5. The van der Waals surface area contributed by atoms with Gasteiger partial charge in [0.15, 0.2) is 0 Å². The van der Waals surface area contributed by atoms with Crippen molar-refractivity contribution < 1.29 is 9.53 Å². The Bertz CT molecular complexity index is 868. The molecule has 1 spiro atoms. The van der Waals surface area contributed by atoms with Crippen molar-refractivity contribution in [2.75, 3.05) is 33.3 Å². The third kappa shape index (κ3) is 2.80. The minimum Gasteiger partial charge on any atom is -0.497 e. The van der Waals surface area contributed by atoms with E-state index in [0.29, 0.717) is 16.7 Å². The second-order valence-corrected chi connectivity index (χ2v) is 7.20. The number of hydrogen-bond donors (Lipinski definition) is 2. The number of aromatic amines is 1. The topological polar surface area (TPSA) is 74.4 Å². The number of piperidine rings is 1. The van der Waals surface area contributed by atoms with E-state index in [-0.39, 0.29) is 22.3 Å². The minimum atomic E-state index is -0.234. The summed E-state index contributed by atoms with van der Waals surface area (Å²) in [4.78, 5) is 30.8. The molecule has 6 heteroatoms. The fourth-order valence-electron chi connectivity index (χ4n) is 4.18. The fraction of sp³-hybridized carbons (Fsp3) is 0.474. The molecule has 1 aromatic carbocycles. The lowest BCUT2D eigenvalue weighted by Crippen LogP contribution is -2.48. The van der Waals surface area contributed by atoms with Gasteiger partial charge in [-0.15, -0.1) is 0 Å². The lowest BCUT2D eigenvalue weighted by molar-refractivity contribution is 0.0552. The average Bonchev–Trinajstić information content (AvgIpc) is 3.09. The Hall–Kier alpha value is -2.34. The smallest absolute Gasteiger partial charge is 0.259 e. The Morgan fingerprint density at radius 3 is 2.96 bits per heavy atom. The van der Waals surface area contributed by atoms with E-state index < -0.39 is 0 Å². The number of likely N-dealkylation sites (tertiary alicyclic amines) is 1. The molecule has 4 rings (SSSR count). The minimum absolute atomic E-state index is 0.169. The van der Waals surface area contributed by atoms with E-state index in [1.807, 2.05) is 4.90 Å². The molecule has 2 aliphatic heterocycles. The molecule has 25 heavy (non-hydrogen) atoms. The van der Waals surface area contributed by atoms with Crippen molar-refractivity contribution in [2.24, 2.45) is 5.41 Å². The van der Waals surface area contributed by atoms with Crippen molar-refractivity contribution in [1.29, 1.82) is 0 Å². The van der Waals surface area contributed by atoms with Gasteiger partial charge in [-0.05, 0) is 44.0 Å². The summed E-state index contributed by atoms with van der Waals surface area (Å²) in [6, 6.07) is 5.27. The van der Waals surface area contributed by atoms with Gasteiger partial charge in [-0.3, -0.25) is 9.59 Å². The zero-order valence-corrected chi connectivity index (χ0v) is 14.4. The van der Waals surface area contributed by atoms with Crippen LogP contribution in [-0.2, 0) is 0 Å². The second kappa shape index (κ2) is 6.19. The van der Waals surface area contributed by atoms with Gasteiger partial charge in [0.05, 0.1) is 7.11 Å². The van der Waals surface area contributed by atoms with Gasteiger partial charge in [-0.1, -0.05) is 0 Å². The van der Waals surface area contributed by atoms with Crippen LogP contribution >= 0.6 is 0 Å². The van der Waals surface area contributed by atoms with Crippen molar-refractivity contribution in [3.05, 3.63) is 40.2 Å². The molecule has 2 N–H and O–H groups in total. The molecule has 6 nitrogen and oxygen atoms in total. The lowest BCUT2D eigenvalue weighted by atomic mass is 9.79. The van der Waals surface area contributed by atoms with E-state index >= 15 is 0 Å². The Balaban J connectivity index is 1.67. The molecule has 2 fully saturated rings.